The van der Waals surface area contributed by atoms with E-state index < -0.39 is 0 Å². The van der Waals surface area contributed by atoms with Gasteiger partial charge < -0.3 is 15.0 Å². The van der Waals surface area contributed by atoms with Gasteiger partial charge in [-0.05, 0) is 45.4 Å². The molecule has 7 nitrogen and oxygen atoms in total. The van der Waals surface area contributed by atoms with Crippen LogP contribution in [0, 0.1) is 6.92 Å². The van der Waals surface area contributed by atoms with E-state index in [0.717, 1.165) is 28.2 Å². The Kier molecular flexibility index (Phi) is 6.87. The number of urea groups is 1. The molecule has 0 radical (unpaired) electrons. The molecular weight excluding hydrogens is 404 g/mol. The summed E-state index contributed by atoms with van der Waals surface area (Å²) in [5.74, 6) is 0.500. The zero-order chi connectivity index (χ0) is 23.5. The van der Waals surface area contributed by atoms with E-state index >= 15 is 0 Å². The van der Waals surface area contributed by atoms with Crippen molar-refractivity contribution in [3.63, 3.8) is 0 Å². The van der Waals surface area contributed by atoms with Crippen molar-refractivity contribution in [3.05, 3.63) is 65.2 Å². The van der Waals surface area contributed by atoms with Crippen LogP contribution in [0.2, 0.25) is 0 Å². The number of hydrogen-bond acceptors (Lipinski definition) is 4. The average molecular weight is 437 g/mol. The first-order valence-corrected chi connectivity index (χ1v) is 10.7. The molecule has 3 rings (SSSR count). The first-order valence-electron chi connectivity index (χ1n) is 10.7. The molecule has 0 aliphatic carbocycles. The normalized spacial score (nSPS) is 15.9. The van der Waals surface area contributed by atoms with E-state index in [0.29, 0.717) is 6.42 Å². The number of hydrogen-bond donors (Lipinski definition) is 1. The van der Waals surface area contributed by atoms with E-state index in [2.05, 4.69) is 10.4 Å². The standard InChI is InChI=1S/C25H32N4O3/c1-17-10-12-18(13-11-17)22-15-21(19-8-7-9-20(14-19)32-6)27-29(22)23(30)16-28(5)24(31)26-25(2,3)4/h7-14,22H,15-16H2,1-6H3,(H,26,31). The number of hydrazone groups is 1. The summed E-state index contributed by atoms with van der Waals surface area (Å²) in [7, 11) is 3.24. The Hall–Kier alpha value is -3.35. The second-order valence-corrected chi connectivity index (χ2v) is 9.18. The van der Waals surface area contributed by atoms with Crippen LogP contribution in [0.1, 0.15) is 49.9 Å². The molecule has 0 bridgehead atoms. The third-order valence-corrected chi connectivity index (χ3v) is 5.23. The van der Waals surface area contributed by atoms with Crippen molar-refractivity contribution in [1.29, 1.82) is 0 Å². The highest BCUT2D eigenvalue weighted by molar-refractivity contribution is 6.03. The lowest BCUT2D eigenvalue weighted by Crippen LogP contribution is -2.49. The summed E-state index contributed by atoms with van der Waals surface area (Å²) in [5.41, 5.74) is 3.49. The van der Waals surface area contributed by atoms with Gasteiger partial charge in [0.05, 0.1) is 18.9 Å². The largest absolute Gasteiger partial charge is 0.497 e. The van der Waals surface area contributed by atoms with Crippen LogP contribution in [0.5, 0.6) is 5.75 Å². The number of carbonyl (C=O) groups is 2. The maximum Gasteiger partial charge on any atom is 0.318 e. The Labute approximate surface area is 190 Å². The minimum absolute atomic E-state index is 0.0703. The molecule has 1 aliphatic rings. The molecule has 0 spiro atoms. The number of methoxy groups -OCH3 is 1. The molecule has 0 saturated heterocycles. The smallest absolute Gasteiger partial charge is 0.318 e. The Morgan fingerprint density at radius 1 is 1.19 bits per heavy atom. The third kappa shape index (κ3) is 5.66. The topological polar surface area (TPSA) is 74.2 Å². The number of aryl methyl sites for hydroxylation is 1. The molecule has 0 saturated carbocycles. The van der Waals surface area contributed by atoms with Crippen molar-refractivity contribution >= 4 is 17.6 Å². The van der Waals surface area contributed by atoms with Gasteiger partial charge in [0.2, 0.25) is 0 Å². The summed E-state index contributed by atoms with van der Waals surface area (Å²) in [6.45, 7) is 7.67. The Morgan fingerprint density at radius 2 is 1.88 bits per heavy atom. The zero-order valence-electron chi connectivity index (χ0n) is 19.7. The van der Waals surface area contributed by atoms with E-state index in [1.807, 2.05) is 76.2 Å². The van der Waals surface area contributed by atoms with E-state index in [4.69, 9.17) is 4.74 Å². The van der Waals surface area contributed by atoms with Crippen molar-refractivity contribution in [2.45, 2.75) is 45.7 Å². The number of carbonyl (C=O) groups excluding carboxylic acids is 2. The maximum atomic E-state index is 13.2. The van der Waals surface area contributed by atoms with Gasteiger partial charge in [-0.1, -0.05) is 42.0 Å². The van der Waals surface area contributed by atoms with Crippen LogP contribution in [0.4, 0.5) is 4.79 Å². The second-order valence-electron chi connectivity index (χ2n) is 9.18. The lowest BCUT2D eigenvalue weighted by molar-refractivity contribution is -0.133. The molecule has 2 aromatic carbocycles. The molecule has 32 heavy (non-hydrogen) atoms. The van der Waals surface area contributed by atoms with Gasteiger partial charge in [-0.2, -0.15) is 5.10 Å². The molecule has 1 aliphatic heterocycles. The third-order valence-electron chi connectivity index (χ3n) is 5.23. The molecule has 1 atom stereocenters. The number of rotatable bonds is 5. The highest BCUT2D eigenvalue weighted by atomic mass is 16.5. The average Bonchev–Trinajstić information content (AvgIpc) is 3.18. The molecular formula is C25H32N4O3. The lowest BCUT2D eigenvalue weighted by atomic mass is 9.97. The number of likely N-dealkylation sites (N-methyl/N-ethyl adjacent to an activating group) is 1. The van der Waals surface area contributed by atoms with Crippen molar-refractivity contribution in [1.82, 2.24) is 15.2 Å². The van der Waals surface area contributed by atoms with Crippen LogP contribution in [0.3, 0.4) is 0 Å². The lowest BCUT2D eigenvalue weighted by Gasteiger charge is -2.28. The van der Waals surface area contributed by atoms with Crippen molar-refractivity contribution in [2.24, 2.45) is 5.10 Å². The highest BCUT2D eigenvalue weighted by Gasteiger charge is 2.34. The minimum atomic E-state index is -0.385. The number of nitrogens with zero attached hydrogens (tertiary/aromatic N) is 3. The zero-order valence-corrected chi connectivity index (χ0v) is 19.7. The summed E-state index contributed by atoms with van der Waals surface area (Å²) in [4.78, 5) is 27.1. The van der Waals surface area contributed by atoms with E-state index in [1.165, 1.54) is 9.91 Å². The van der Waals surface area contributed by atoms with Gasteiger partial charge in [0.15, 0.2) is 0 Å². The molecule has 0 aromatic heterocycles. The van der Waals surface area contributed by atoms with Crippen LogP contribution in [-0.2, 0) is 4.79 Å². The highest BCUT2D eigenvalue weighted by Crippen LogP contribution is 2.33. The Morgan fingerprint density at radius 3 is 2.50 bits per heavy atom. The van der Waals surface area contributed by atoms with Gasteiger partial charge in [-0.25, -0.2) is 9.80 Å². The van der Waals surface area contributed by atoms with Crippen LogP contribution in [0.15, 0.2) is 53.6 Å². The van der Waals surface area contributed by atoms with Gasteiger partial charge in [0.1, 0.15) is 12.3 Å². The Bertz CT molecular complexity index is 1010. The predicted molar refractivity (Wildman–Crippen MR) is 126 cm³/mol. The molecule has 0 fully saturated rings. The fourth-order valence-electron chi connectivity index (χ4n) is 3.53. The molecule has 170 valence electrons. The summed E-state index contributed by atoms with van der Waals surface area (Å²) in [6.07, 6.45) is 0.583. The van der Waals surface area contributed by atoms with Gasteiger partial charge in [-0.3, -0.25) is 4.79 Å². The van der Waals surface area contributed by atoms with Crippen molar-refractivity contribution in [2.75, 3.05) is 20.7 Å². The molecule has 7 heteroatoms. The van der Waals surface area contributed by atoms with E-state index in [-0.39, 0.29) is 30.1 Å². The second kappa shape index (κ2) is 9.42. The molecule has 2 aromatic rings. The van der Waals surface area contributed by atoms with Gasteiger partial charge in [-0.15, -0.1) is 0 Å². The van der Waals surface area contributed by atoms with E-state index in [9.17, 15) is 9.59 Å². The predicted octanol–water partition coefficient (Wildman–Crippen LogP) is 4.12. The van der Waals surface area contributed by atoms with Crippen LogP contribution in [0.25, 0.3) is 0 Å². The Balaban J connectivity index is 1.86. The number of benzene rings is 2. The van der Waals surface area contributed by atoms with Crippen LogP contribution in [-0.4, -0.2) is 53.8 Å². The summed E-state index contributed by atoms with van der Waals surface area (Å²) < 4.78 is 5.35. The summed E-state index contributed by atoms with van der Waals surface area (Å²) in [5, 5.41) is 9.08. The van der Waals surface area contributed by atoms with Crippen LogP contribution < -0.4 is 10.1 Å². The number of ether oxygens (including phenoxy) is 1. The first-order chi connectivity index (χ1) is 15.1. The molecule has 1 heterocycles. The quantitative estimate of drug-likeness (QED) is 0.766. The van der Waals surface area contributed by atoms with Crippen molar-refractivity contribution < 1.29 is 14.3 Å². The van der Waals surface area contributed by atoms with Gasteiger partial charge >= 0.3 is 6.03 Å². The van der Waals surface area contributed by atoms with Gasteiger partial charge in [0.25, 0.3) is 5.91 Å². The SMILES string of the molecule is COc1cccc(C2=NN(C(=O)CN(C)C(=O)NC(C)(C)C)C(c3ccc(C)cc3)C2)c1. The first kappa shape index (κ1) is 23.3. The monoisotopic (exact) mass is 436 g/mol. The van der Waals surface area contributed by atoms with E-state index in [1.54, 1.807) is 14.2 Å². The number of amides is 3. The molecule has 3 amide bonds. The number of nitrogens with one attached hydrogen (secondary N) is 1. The fraction of sp³-hybridized carbons (Fsp3) is 0.400. The molecule has 1 unspecified atom stereocenters. The molecule has 1 N–H and O–H groups in total. The summed E-state index contributed by atoms with van der Waals surface area (Å²) in [6, 6.07) is 15.3. The maximum absolute atomic E-state index is 13.2. The van der Waals surface area contributed by atoms with Gasteiger partial charge in [0, 0.05) is 24.6 Å². The van der Waals surface area contributed by atoms with Crippen molar-refractivity contribution in [3.8, 4) is 5.75 Å². The summed E-state index contributed by atoms with van der Waals surface area (Å²) >= 11 is 0. The van der Waals surface area contributed by atoms with Crippen LogP contribution >= 0.6 is 0 Å². The minimum Gasteiger partial charge on any atom is -0.497 e. The fourth-order valence-corrected chi connectivity index (χ4v) is 3.53.